The molecule has 2 heterocycles. The molecular formula is C21H17ClN2O4S. The Hall–Kier alpha value is -2.90. The summed E-state index contributed by atoms with van der Waals surface area (Å²) >= 11 is 5.74. The van der Waals surface area contributed by atoms with Crippen molar-refractivity contribution in [2.75, 3.05) is 10.8 Å². The minimum Gasteiger partial charge on any atom is -0.457 e. The second kappa shape index (κ2) is 7.85. The summed E-state index contributed by atoms with van der Waals surface area (Å²) in [5, 5.41) is 0.349. The van der Waals surface area contributed by atoms with Gasteiger partial charge in [-0.05, 0) is 42.3 Å². The van der Waals surface area contributed by atoms with Crippen molar-refractivity contribution < 1.29 is 17.9 Å². The predicted molar refractivity (Wildman–Crippen MR) is 109 cm³/mol. The highest BCUT2D eigenvalue weighted by atomic mass is 35.5. The molecule has 0 spiro atoms. The molecule has 0 aliphatic carbocycles. The lowest BCUT2D eigenvalue weighted by Crippen LogP contribution is -2.29. The van der Waals surface area contributed by atoms with E-state index in [2.05, 4.69) is 4.98 Å². The number of anilines is 1. The average Bonchev–Trinajstić information content (AvgIpc) is 3.18. The maximum atomic E-state index is 13.1. The number of esters is 1. The minimum atomic E-state index is -3.78. The van der Waals surface area contributed by atoms with Gasteiger partial charge in [0.05, 0.1) is 16.1 Å². The molecule has 0 fully saturated rings. The van der Waals surface area contributed by atoms with E-state index in [1.54, 1.807) is 18.2 Å². The van der Waals surface area contributed by atoms with Gasteiger partial charge in [0.25, 0.3) is 10.0 Å². The lowest BCUT2D eigenvalue weighted by atomic mass is 10.2. The first kappa shape index (κ1) is 19.4. The minimum absolute atomic E-state index is 0.0134. The van der Waals surface area contributed by atoms with Crippen LogP contribution in [0.3, 0.4) is 0 Å². The Balaban J connectivity index is 1.54. The molecule has 2 aromatic carbocycles. The van der Waals surface area contributed by atoms with Gasteiger partial charge in [-0.3, -0.25) is 4.31 Å². The first-order valence-electron chi connectivity index (χ1n) is 8.93. The lowest BCUT2D eigenvalue weighted by Gasteiger charge is -2.19. The number of hydrogen-bond acceptors (Lipinski definition) is 5. The Bertz CT molecular complexity index is 1160. The number of ether oxygens (including phenoxy) is 1. The maximum Gasteiger partial charge on any atom is 0.338 e. The molecule has 1 aromatic heterocycles. The van der Waals surface area contributed by atoms with Gasteiger partial charge in [0.1, 0.15) is 11.8 Å². The zero-order valence-electron chi connectivity index (χ0n) is 15.3. The number of rotatable bonds is 5. The molecule has 0 radical (unpaired) electrons. The third-order valence-corrected chi connectivity index (χ3v) is 6.69. The molecule has 1 aliphatic rings. The molecule has 0 amide bonds. The van der Waals surface area contributed by atoms with Gasteiger partial charge in [0.2, 0.25) is 0 Å². The second-order valence-corrected chi connectivity index (χ2v) is 8.80. The molecule has 0 bridgehead atoms. The molecule has 0 saturated carbocycles. The molecule has 1 aliphatic heterocycles. The van der Waals surface area contributed by atoms with Gasteiger partial charge in [-0.15, -0.1) is 0 Å². The highest BCUT2D eigenvalue weighted by Crippen LogP contribution is 2.32. The highest BCUT2D eigenvalue weighted by Gasteiger charge is 2.31. The monoisotopic (exact) mass is 428 g/mol. The summed E-state index contributed by atoms with van der Waals surface area (Å²) in [5.41, 5.74) is 2.51. The number of aromatic nitrogens is 1. The van der Waals surface area contributed by atoms with Gasteiger partial charge in [-0.2, -0.15) is 0 Å². The molecule has 0 saturated heterocycles. The van der Waals surface area contributed by atoms with Crippen LogP contribution in [-0.4, -0.2) is 25.9 Å². The molecule has 6 nitrogen and oxygen atoms in total. The van der Waals surface area contributed by atoms with Crippen molar-refractivity contribution in [3.63, 3.8) is 0 Å². The number of fused-ring (bicyclic) bond motifs is 1. The fourth-order valence-corrected chi connectivity index (χ4v) is 4.85. The molecule has 8 heteroatoms. The van der Waals surface area contributed by atoms with E-state index in [-0.39, 0.29) is 17.1 Å². The van der Waals surface area contributed by atoms with Gasteiger partial charge >= 0.3 is 5.97 Å². The van der Waals surface area contributed by atoms with E-state index in [9.17, 15) is 13.2 Å². The number of halogens is 1. The number of hydrogen-bond donors (Lipinski definition) is 0. The normalized spacial score (nSPS) is 13.2. The van der Waals surface area contributed by atoms with Crippen molar-refractivity contribution in [3.8, 4) is 0 Å². The predicted octanol–water partition coefficient (Wildman–Crippen LogP) is 3.84. The lowest BCUT2D eigenvalue weighted by molar-refractivity contribution is 0.0472. The highest BCUT2D eigenvalue weighted by molar-refractivity contribution is 7.92. The van der Waals surface area contributed by atoms with Gasteiger partial charge in [-0.25, -0.2) is 18.2 Å². The number of pyridine rings is 1. The summed E-state index contributed by atoms with van der Waals surface area (Å²) in [5.74, 6) is -0.612. The van der Waals surface area contributed by atoms with E-state index in [1.807, 2.05) is 18.2 Å². The standard InChI is InChI=1S/C21H17ClN2O4S/c22-20-9-8-15(13-23-20)14-28-21(25)17-5-3-6-18(12-17)29(26,27)24-11-10-16-4-1-2-7-19(16)24/h1-9,12-13H,10-11,14H2. The van der Waals surface area contributed by atoms with Crippen molar-refractivity contribution in [1.82, 2.24) is 4.98 Å². The van der Waals surface area contributed by atoms with Gasteiger partial charge in [-0.1, -0.05) is 41.9 Å². The summed E-state index contributed by atoms with van der Waals surface area (Å²) in [6.45, 7) is 0.388. The summed E-state index contributed by atoms with van der Waals surface area (Å²) in [7, 11) is -3.78. The number of nitrogens with zero attached hydrogens (tertiary/aromatic N) is 2. The Morgan fingerprint density at radius 3 is 2.72 bits per heavy atom. The average molecular weight is 429 g/mol. The van der Waals surface area contributed by atoms with Crippen LogP contribution < -0.4 is 4.31 Å². The van der Waals surface area contributed by atoms with Crippen molar-refractivity contribution in [2.45, 2.75) is 17.9 Å². The van der Waals surface area contributed by atoms with E-state index >= 15 is 0 Å². The molecular weight excluding hydrogens is 412 g/mol. The summed E-state index contributed by atoms with van der Waals surface area (Å²) < 4.78 is 32.9. The molecule has 3 aromatic rings. The quantitative estimate of drug-likeness (QED) is 0.455. The van der Waals surface area contributed by atoms with Gasteiger partial charge < -0.3 is 4.74 Å². The number of para-hydroxylation sites is 1. The Kier molecular flexibility index (Phi) is 5.25. The Morgan fingerprint density at radius 2 is 1.93 bits per heavy atom. The van der Waals surface area contributed by atoms with E-state index in [0.29, 0.717) is 29.4 Å². The maximum absolute atomic E-state index is 13.1. The smallest absolute Gasteiger partial charge is 0.338 e. The van der Waals surface area contributed by atoms with Crippen LogP contribution in [0.4, 0.5) is 5.69 Å². The zero-order valence-corrected chi connectivity index (χ0v) is 16.9. The van der Waals surface area contributed by atoms with Crippen molar-refractivity contribution in [1.29, 1.82) is 0 Å². The number of benzene rings is 2. The molecule has 0 unspecified atom stereocenters. The number of carbonyl (C=O) groups is 1. The fourth-order valence-electron chi connectivity index (χ4n) is 3.19. The summed E-state index contributed by atoms with van der Waals surface area (Å²) in [6.07, 6.45) is 2.17. The Labute approximate surface area is 173 Å². The zero-order chi connectivity index (χ0) is 20.4. The van der Waals surface area contributed by atoms with Crippen LogP contribution in [0.2, 0.25) is 5.15 Å². The molecule has 0 atom stereocenters. The summed E-state index contributed by atoms with van der Waals surface area (Å²) in [6, 6.07) is 16.6. The largest absolute Gasteiger partial charge is 0.457 e. The van der Waals surface area contributed by atoms with Gasteiger partial charge in [0.15, 0.2) is 0 Å². The van der Waals surface area contributed by atoms with Crippen molar-refractivity contribution >= 4 is 33.3 Å². The Morgan fingerprint density at radius 1 is 1.10 bits per heavy atom. The van der Waals surface area contributed by atoms with E-state index in [1.165, 1.54) is 34.8 Å². The second-order valence-electron chi connectivity index (χ2n) is 6.55. The van der Waals surface area contributed by atoms with Crippen LogP contribution in [0, 0.1) is 0 Å². The molecule has 0 N–H and O–H groups in total. The third-order valence-electron chi connectivity index (χ3n) is 4.66. The van der Waals surface area contributed by atoms with Crippen molar-refractivity contribution in [2.24, 2.45) is 0 Å². The number of sulfonamides is 1. The SMILES string of the molecule is O=C(OCc1ccc(Cl)nc1)c1cccc(S(=O)(=O)N2CCc3ccccc32)c1. The van der Waals surface area contributed by atoms with E-state index in [4.69, 9.17) is 16.3 Å². The first-order valence-corrected chi connectivity index (χ1v) is 10.8. The van der Waals surface area contributed by atoms with E-state index < -0.39 is 16.0 Å². The van der Waals surface area contributed by atoms with Crippen LogP contribution in [0.1, 0.15) is 21.5 Å². The molecule has 148 valence electrons. The van der Waals surface area contributed by atoms with Crippen LogP contribution >= 0.6 is 11.6 Å². The van der Waals surface area contributed by atoms with Crippen molar-refractivity contribution in [3.05, 3.63) is 88.7 Å². The topological polar surface area (TPSA) is 76.6 Å². The van der Waals surface area contributed by atoms with Crippen LogP contribution in [0.15, 0.2) is 71.8 Å². The number of carbonyl (C=O) groups excluding carboxylic acids is 1. The summed E-state index contributed by atoms with van der Waals surface area (Å²) in [4.78, 5) is 16.4. The van der Waals surface area contributed by atoms with Crippen LogP contribution in [0.25, 0.3) is 0 Å². The first-order chi connectivity index (χ1) is 13.9. The van der Waals surface area contributed by atoms with Gasteiger partial charge in [0, 0.05) is 18.3 Å². The molecule has 29 heavy (non-hydrogen) atoms. The van der Waals surface area contributed by atoms with Crippen LogP contribution in [-0.2, 0) is 27.8 Å². The fraction of sp³-hybridized carbons (Fsp3) is 0.143. The third kappa shape index (κ3) is 3.97. The van der Waals surface area contributed by atoms with Crippen LogP contribution in [0.5, 0.6) is 0 Å². The van der Waals surface area contributed by atoms with E-state index in [0.717, 1.165) is 5.56 Å². The molecule has 4 rings (SSSR count).